The lowest BCUT2D eigenvalue weighted by molar-refractivity contribution is 0.246. The quantitative estimate of drug-likeness (QED) is 0.513. The zero-order valence-electron chi connectivity index (χ0n) is 16.2. The first-order chi connectivity index (χ1) is 11.3. The lowest BCUT2D eigenvalue weighted by atomic mass is 9.82. The van der Waals surface area contributed by atoms with Crippen molar-refractivity contribution in [2.45, 2.75) is 116 Å². The Morgan fingerprint density at radius 1 is 0.652 bits per heavy atom. The summed E-state index contributed by atoms with van der Waals surface area (Å²) in [6, 6.07) is 0.877. The van der Waals surface area contributed by atoms with Gasteiger partial charge in [0.15, 0.2) is 0 Å². The minimum absolute atomic E-state index is 0.877. The number of hydrogen-bond donors (Lipinski definition) is 0. The molecule has 0 aromatic carbocycles. The fourth-order valence-corrected chi connectivity index (χ4v) is 5.36. The second kappa shape index (κ2) is 11.5. The first-order valence-electron chi connectivity index (χ1n) is 11.0. The first kappa shape index (κ1) is 19.3. The van der Waals surface area contributed by atoms with Crippen LogP contribution in [0.25, 0.3) is 0 Å². The monoisotopic (exact) mass is 321 g/mol. The van der Waals surface area contributed by atoms with Crippen LogP contribution in [-0.2, 0) is 0 Å². The molecule has 1 aliphatic carbocycles. The van der Waals surface area contributed by atoms with Crippen LogP contribution in [0.3, 0.4) is 0 Å². The van der Waals surface area contributed by atoms with E-state index in [1.807, 2.05) is 0 Å². The fraction of sp³-hybridized carbons (Fsp3) is 1.00. The van der Waals surface area contributed by atoms with Gasteiger partial charge in [0.25, 0.3) is 0 Å². The number of hydrogen-bond acceptors (Lipinski definition) is 1. The normalized spacial score (nSPS) is 33.9. The Hall–Kier alpha value is -0.0400. The molecular formula is C22H43N. The summed E-state index contributed by atoms with van der Waals surface area (Å²) >= 11 is 0. The van der Waals surface area contributed by atoms with Crippen molar-refractivity contribution in [3.05, 3.63) is 0 Å². The van der Waals surface area contributed by atoms with Crippen molar-refractivity contribution in [2.24, 2.45) is 11.8 Å². The average Bonchev–Trinajstić information content (AvgIpc) is 2.85. The Kier molecular flexibility index (Phi) is 9.65. The molecule has 1 nitrogen and oxygen atoms in total. The highest BCUT2D eigenvalue weighted by molar-refractivity contribution is 4.90. The summed E-state index contributed by atoms with van der Waals surface area (Å²) in [6.07, 6.45) is 23.8. The molecule has 1 heterocycles. The van der Waals surface area contributed by atoms with Crippen LogP contribution >= 0.6 is 0 Å². The van der Waals surface area contributed by atoms with Gasteiger partial charge in [0.05, 0.1) is 0 Å². The summed E-state index contributed by atoms with van der Waals surface area (Å²) < 4.78 is 0. The Morgan fingerprint density at radius 3 is 1.57 bits per heavy atom. The van der Waals surface area contributed by atoms with Gasteiger partial charge in [-0.1, -0.05) is 90.4 Å². The van der Waals surface area contributed by atoms with E-state index in [0.29, 0.717) is 0 Å². The summed E-state index contributed by atoms with van der Waals surface area (Å²) in [5.74, 6) is 2.00. The zero-order valence-corrected chi connectivity index (χ0v) is 16.2. The zero-order chi connectivity index (χ0) is 16.3. The van der Waals surface area contributed by atoms with E-state index in [-0.39, 0.29) is 0 Å². The smallest absolute Gasteiger partial charge is 0.0121 e. The molecule has 2 aliphatic rings. The van der Waals surface area contributed by atoms with Crippen LogP contribution in [0.4, 0.5) is 0 Å². The lowest BCUT2D eigenvalue weighted by Crippen LogP contribution is -2.28. The van der Waals surface area contributed by atoms with Crippen LogP contribution in [-0.4, -0.2) is 24.5 Å². The fourth-order valence-electron chi connectivity index (χ4n) is 5.36. The van der Waals surface area contributed by atoms with Crippen LogP contribution in [0.5, 0.6) is 0 Å². The van der Waals surface area contributed by atoms with Crippen molar-refractivity contribution >= 4 is 0 Å². The van der Waals surface area contributed by atoms with Crippen molar-refractivity contribution in [3.63, 3.8) is 0 Å². The largest absolute Gasteiger partial charge is 0.303 e. The number of likely N-dealkylation sites (tertiary alicyclic amines) is 1. The van der Waals surface area contributed by atoms with Gasteiger partial charge in [-0.05, 0) is 38.1 Å². The maximum absolute atomic E-state index is 2.69. The Bertz CT molecular complexity index is 288. The van der Waals surface area contributed by atoms with Gasteiger partial charge in [0.1, 0.15) is 0 Å². The summed E-state index contributed by atoms with van der Waals surface area (Å²) in [5.41, 5.74) is 0. The van der Waals surface area contributed by atoms with Crippen LogP contribution in [0.2, 0.25) is 0 Å². The molecule has 0 aromatic heterocycles. The highest BCUT2D eigenvalue weighted by Crippen LogP contribution is 2.37. The second-order valence-corrected chi connectivity index (χ2v) is 8.51. The van der Waals surface area contributed by atoms with Gasteiger partial charge in [-0.25, -0.2) is 0 Å². The van der Waals surface area contributed by atoms with Crippen molar-refractivity contribution in [1.29, 1.82) is 0 Å². The molecule has 1 saturated carbocycles. The van der Waals surface area contributed by atoms with Crippen molar-refractivity contribution < 1.29 is 0 Å². The molecule has 3 atom stereocenters. The summed E-state index contributed by atoms with van der Waals surface area (Å²) in [6.45, 7) is 3.79. The maximum atomic E-state index is 2.69. The molecule has 23 heavy (non-hydrogen) atoms. The van der Waals surface area contributed by atoms with Crippen LogP contribution in [0.15, 0.2) is 0 Å². The van der Waals surface area contributed by atoms with Gasteiger partial charge < -0.3 is 4.90 Å². The number of nitrogens with zero attached hydrogens (tertiary/aromatic N) is 1. The van der Waals surface area contributed by atoms with E-state index >= 15 is 0 Å². The Labute approximate surface area is 146 Å². The van der Waals surface area contributed by atoms with Gasteiger partial charge in [-0.2, -0.15) is 0 Å². The molecule has 0 radical (unpaired) electrons. The van der Waals surface area contributed by atoms with Crippen LogP contribution < -0.4 is 0 Å². The molecule has 3 unspecified atom stereocenters. The standard InChI is InChI=1S/C22H43N/c1-3-22-21-18-16-14-12-10-8-6-4-5-7-9-11-13-15-17-20(21)19-23(22)2/h20-22H,3-19H2,1-2H3. The molecule has 1 heteroatoms. The van der Waals surface area contributed by atoms with Crippen LogP contribution in [0, 0.1) is 11.8 Å². The van der Waals surface area contributed by atoms with Crippen molar-refractivity contribution in [2.75, 3.05) is 13.6 Å². The predicted molar refractivity (Wildman–Crippen MR) is 103 cm³/mol. The van der Waals surface area contributed by atoms with Gasteiger partial charge >= 0.3 is 0 Å². The second-order valence-electron chi connectivity index (χ2n) is 8.51. The third-order valence-electron chi connectivity index (χ3n) is 6.72. The molecule has 1 saturated heterocycles. The predicted octanol–water partition coefficient (Wildman–Crippen LogP) is 6.81. The third-order valence-corrected chi connectivity index (χ3v) is 6.72. The van der Waals surface area contributed by atoms with Crippen LogP contribution in [0.1, 0.15) is 110 Å². The minimum atomic E-state index is 0.877. The number of fused-ring (bicyclic) bond motifs is 1. The highest BCUT2D eigenvalue weighted by Gasteiger charge is 2.37. The third kappa shape index (κ3) is 6.77. The molecule has 1 aliphatic heterocycles. The molecule has 0 amide bonds. The number of rotatable bonds is 1. The highest BCUT2D eigenvalue weighted by atomic mass is 15.2. The molecule has 0 bridgehead atoms. The summed E-state index contributed by atoms with van der Waals surface area (Å²) in [4.78, 5) is 2.69. The minimum Gasteiger partial charge on any atom is -0.303 e. The molecule has 0 aromatic rings. The summed E-state index contributed by atoms with van der Waals surface area (Å²) in [5, 5.41) is 0. The van der Waals surface area contributed by atoms with E-state index in [1.54, 1.807) is 0 Å². The van der Waals surface area contributed by atoms with Gasteiger partial charge in [-0.15, -0.1) is 0 Å². The summed E-state index contributed by atoms with van der Waals surface area (Å²) in [7, 11) is 2.38. The average molecular weight is 322 g/mol. The Morgan fingerprint density at radius 2 is 1.09 bits per heavy atom. The van der Waals surface area contributed by atoms with E-state index in [0.717, 1.165) is 17.9 Å². The first-order valence-corrected chi connectivity index (χ1v) is 11.0. The molecular weight excluding hydrogens is 278 g/mol. The SMILES string of the molecule is CCC1C2CCCCCCCCCCCCCCCC2CN1C. The Balaban J connectivity index is 1.81. The molecule has 2 fully saturated rings. The van der Waals surface area contributed by atoms with Crippen molar-refractivity contribution in [3.8, 4) is 0 Å². The van der Waals surface area contributed by atoms with Gasteiger partial charge in [0.2, 0.25) is 0 Å². The maximum Gasteiger partial charge on any atom is 0.0121 e. The van der Waals surface area contributed by atoms with E-state index in [2.05, 4.69) is 18.9 Å². The van der Waals surface area contributed by atoms with Gasteiger partial charge in [-0.3, -0.25) is 0 Å². The lowest BCUT2D eigenvalue weighted by Gasteiger charge is -2.25. The topological polar surface area (TPSA) is 3.24 Å². The molecule has 136 valence electrons. The van der Waals surface area contributed by atoms with E-state index in [1.165, 1.54) is 109 Å². The van der Waals surface area contributed by atoms with Crippen molar-refractivity contribution in [1.82, 2.24) is 4.90 Å². The molecule has 0 N–H and O–H groups in total. The van der Waals surface area contributed by atoms with Gasteiger partial charge in [0, 0.05) is 12.6 Å². The van der Waals surface area contributed by atoms with E-state index in [4.69, 9.17) is 0 Å². The van der Waals surface area contributed by atoms with E-state index < -0.39 is 0 Å². The molecule has 0 spiro atoms. The van der Waals surface area contributed by atoms with E-state index in [9.17, 15) is 0 Å². The molecule has 2 rings (SSSR count).